The lowest BCUT2D eigenvalue weighted by molar-refractivity contribution is 0.673. The van der Waals surface area contributed by atoms with Crippen molar-refractivity contribution in [3.05, 3.63) is 182 Å². The van der Waals surface area contributed by atoms with Crippen LogP contribution in [0.5, 0.6) is 0 Å². The summed E-state index contributed by atoms with van der Waals surface area (Å²) in [4.78, 5) is 10.4. The SMILES string of the molecule is c1ccc(-c2cc(-c3ccccc3)cc(-c3nc(-c4ccc(-c5cccc6ccc7c8ccccc8oc7c56)cc4)c4ccccc4n3)c2)cc1. The number of para-hydroxylation sites is 2. The quantitative estimate of drug-likeness (QED) is 0.186. The van der Waals surface area contributed by atoms with Gasteiger partial charge in [-0.1, -0.05) is 146 Å². The van der Waals surface area contributed by atoms with Gasteiger partial charge in [-0.05, 0) is 75.2 Å². The molecule has 0 bridgehead atoms. The van der Waals surface area contributed by atoms with Crippen LogP contribution in [0.2, 0.25) is 0 Å². The van der Waals surface area contributed by atoms with Gasteiger partial charge in [0.1, 0.15) is 11.2 Å². The van der Waals surface area contributed by atoms with Crippen molar-refractivity contribution < 1.29 is 4.42 Å². The van der Waals surface area contributed by atoms with Crippen LogP contribution in [0.3, 0.4) is 0 Å². The van der Waals surface area contributed by atoms with Crippen molar-refractivity contribution >= 4 is 43.6 Å². The van der Waals surface area contributed by atoms with Gasteiger partial charge >= 0.3 is 0 Å². The zero-order chi connectivity index (χ0) is 33.7. The fraction of sp³-hybridized carbons (Fsp3) is 0. The topological polar surface area (TPSA) is 38.9 Å². The summed E-state index contributed by atoms with van der Waals surface area (Å²) in [6.07, 6.45) is 0. The molecule has 0 N–H and O–H groups in total. The van der Waals surface area contributed by atoms with E-state index >= 15 is 0 Å². The average Bonchev–Trinajstić information content (AvgIpc) is 3.60. The maximum absolute atomic E-state index is 6.48. The summed E-state index contributed by atoms with van der Waals surface area (Å²) in [5.41, 5.74) is 12.5. The van der Waals surface area contributed by atoms with Crippen molar-refractivity contribution in [2.24, 2.45) is 0 Å². The fourth-order valence-electron chi connectivity index (χ4n) is 7.38. The van der Waals surface area contributed by atoms with Crippen LogP contribution in [-0.4, -0.2) is 9.97 Å². The Bertz CT molecular complexity index is 2830. The highest BCUT2D eigenvalue weighted by Gasteiger charge is 2.16. The highest BCUT2D eigenvalue weighted by molar-refractivity contribution is 6.19. The molecule has 0 atom stereocenters. The molecule has 0 amide bonds. The highest BCUT2D eigenvalue weighted by Crippen LogP contribution is 2.40. The van der Waals surface area contributed by atoms with E-state index in [9.17, 15) is 0 Å². The molecule has 8 aromatic carbocycles. The minimum absolute atomic E-state index is 0.698. The van der Waals surface area contributed by atoms with Crippen LogP contribution < -0.4 is 0 Å². The molecule has 0 radical (unpaired) electrons. The van der Waals surface area contributed by atoms with Crippen LogP contribution in [0.1, 0.15) is 0 Å². The summed E-state index contributed by atoms with van der Waals surface area (Å²) in [6.45, 7) is 0. The zero-order valence-electron chi connectivity index (χ0n) is 27.6. The summed E-state index contributed by atoms with van der Waals surface area (Å²) in [7, 11) is 0. The van der Waals surface area contributed by atoms with Gasteiger partial charge in [-0.3, -0.25) is 0 Å². The molecular formula is C48H30N2O. The summed E-state index contributed by atoms with van der Waals surface area (Å²) in [5, 5.41) is 5.57. The van der Waals surface area contributed by atoms with E-state index in [1.807, 2.05) is 18.2 Å². The molecule has 0 aliphatic carbocycles. The average molecular weight is 651 g/mol. The second kappa shape index (κ2) is 11.9. The largest absolute Gasteiger partial charge is 0.455 e. The van der Waals surface area contributed by atoms with Gasteiger partial charge in [0.2, 0.25) is 0 Å². The first-order chi connectivity index (χ1) is 25.3. The maximum Gasteiger partial charge on any atom is 0.160 e. The number of furan rings is 1. The molecule has 51 heavy (non-hydrogen) atoms. The number of hydrogen-bond donors (Lipinski definition) is 0. The summed E-state index contributed by atoms with van der Waals surface area (Å²) in [6, 6.07) is 63.8. The Morgan fingerprint density at radius 1 is 0.373 bits per heavy atom. The molecule has 0 unspecified atom stereocenters. The van der Waals surface area contributed by atoms with Crippen LogP contribution in [0.25, 0.3) is 99.6 Å². The van der Waals surface area contributed by atoms with Crippen LogP contribution in [0.15, 0.2) is 186 Å². The second-order valence-electron chi connectivity index (χ2n) is 13.0. The Labute approximate surface area is 295 Å². The summed E-state index contributed by atoms with van der Waals surface area (Å²) < 4.78 is 6.48. The first-order valence-corrected chi connectivity index (χ1v) is 17.2. The normalized spacial score (nSPS) is 11.5. The van der Waals surface area contributed by atoms with Crippen molar-refractivity contribution in [3.8, 4) is 56.0 Å². The molecule has 3 heteroatoms. The minimum Gasteiger partial charge on any atom is -0.455 e. The van der Waals surface area contributed by atoms with Gasteiger partial charge in [0.05, 0.1) is 11.2 Å². The number of rotatable bonds is 5. The molecule has 0 aliphatic rings. The lowest BCUT2D eigenvalue weighted by Gasteiger charge is -2.13. The van der Waals surface area contributed by atoms with E-state index in [0.29, 0.717) is 5.82 Å². The smallest absolute Gasteiger partial charge is 0.160 e. The van der Waals surface area contributed by atoms with Crippen molar-refractivity contribution in [1.82, 2.24) is 9.97 Å². The molecule has 2 aromatic heterocycles. The predicted octanol–water partition coefficient (Wildman–Crippen LogP) is 13.0. The van der Waals surface area contributed by atoms with E-state index in [1.165, 1.54) is 0 Å². The zero-order valence-corrected chi connectivity index (χ0v) is 27.6. The lowest BCUT2D eigenvalue weighted by Crippen LogP contribution is -1.96. The van der Waals surface area contributed by atoms with Crippen molar-refractivity contribution in [1.29, 1.82) is 0 Å². The van der Waals surface area contributed by atoms with Crippen molar-refractivity contribution in [2.45, 2.75) is 0 Å². The Kier molecular flexibility index (Phi) is 6.81. The predicted molar refractivity (Wildman–Crippen MR) is 212 cm³/mol. The van der Waals surface area contributed by atoms with Crippen LogP contribution in [-0.2, 0) is 0 Å². The number of aromatic nitrogens is 2. The Hall–Kier alpha value is -6.84. The molecule has 0 saturated heterocycles. The van der Waals surface area contributed by atoms with Gasteiger partial charge in [-0.2, -0.15) is 0 Å². The lowest BCUT2D eigenvalue weighted by atomic mass is 9.94. The van der Waals surface area contributed by atoms with Gasteiger partial charge in [0.15, 0.2) is 5.82 Å². The fourth-order valence-corrected chi connectivity index (χ4v) is 7.38. The maximum atomic E-state index is 6.48. The molecular weight excluding hydrogens is 621 g/mol. The van der Waals surface area contributed by atoms with Crippen molar-refractivity contribution in [2.75, 3.05) is 0 Å². The van der Waals surface area contributed by atoms with E-state index in [0.717, 1.165) is 93.8 Å². The van der Waals surface area contributed by atoms with E-state index in [4.69, 9.17) is 14.4 Å². The minimum atomic E-state index is 0.698. The second-order valence-corrected chi connectivity index (χ2v) is 13.0. The molecule has 10 rings (SSSR count). The third kappa shape index (κ3) is 5.06. The number of fused-ring (bicyclic) bond motifs is 6. The Morgan fingerprint density at radius 2 is 1.00 bits per heavy atom. The molecule has 0 spiro atoms. The van der Waals surface area contributed by atoms with Gasteiger partial charge < -0.3 is 4.42 Å². The first kappa shape index (κ1) is 29.1. The van der Waals surface area contributed by atoms with E-state index < -0.39 is 0 Å². The number of benzene rings is 8. The third-order valence-electron chi connectivity index (χ3n) is 9.87. The van der Waals surface area contributed by atoms with Crippen LogP contribution in [0, 0.1) is 0 Å². The van der Waals surface area contributed by atoms with E-state index in [-0.39, 0.29) is 0 Å². The molecule has 0 aliphatic heterocycles. The van der Waals surface area contributed by atoms with E-state index in [2.05, 4.69) is 164 Å². The molecule has 0 saturated carbocycles. The number of nitrogens with zero attached hydrogens (tertiary/aromatic N) is 2. The van der Waals surface area contributed by atoms with Crippen LogP contribution >= 0.6 is 0 Å². The standard InChI is InChI=1S/C48H30N2O/c1-3-12-31(13-4-1)36-28-37(32-14-5-2-6-15-32)30-38(29-36)48-49-43-20-9-7-18-42(43)46(50-48)35-24-22-33(23-25-35)39-19-11-16-34-26-27-41-40-17-8-10-21-44(40)51-47(41)45(34)39/h1-30H. The number of hydrogen-bond acceptors (Lipinski definition) is 3. The van der Waals surface area contributed by atoms with Gasteiger partial charge in [-0.25, -0.2) is 9.97 Å². The van der Waals surface area contributed by atoms with Gasteiger partial charge in [0, 0.05) is 32.7 Å². The van der Waals surface area contributed by atoms with Crippen LogP contribution in [0.4, 0.5) is 0 Å². The molecule has 2 heterocycles. The van der Waals surface area contributed by atoms with Gasteiger partial charge in [-0.15, -0.1) is 0 Å². The third-order valence-corrected chi connectivity index (χ3v) is 9.87. The highest BCUT2D eigenvalue weighted by atomic mass is 16.3. The summed E-state index contributed by atoms with van der Waals surface area (Å²) >= 11 is 0. The molecule has 10 aromatic rings. The monoisotopic (exact) mass is 650 g/mol. The first-order valence-electron chi connectivity index (χ1n) is 17.2. The summed E-state index contributed by atoms with van der Waals surface area (Å²) in [5.74, 6) is 0.698. The van der Waals surface area contributed by atoms with Gasteiger partial charge in [0.25, 0.3) is 0 Å². The van der Waals surface area contributed by atoms with Crippen molar-refractivity contribution in [3.63, 3.8) is 0 Å². The van der Waals surface area contributed by atoms with E-state index in [1.54, 1.807) is 0 Å². The molecule has 0 fully saturated rings. The molecule has 3 nitrogen and oxygen atoms in total. The Morgan fingerprint density at radius 3 is 1.75 bits per heavy atom. The molecule has 238 valence electrons. The Balaban J connectivity index is 1.12.